The highest BCUT2D eigenvalue weighted by atomic mass is 35.5. The van der Waals surface area contributed by atoms with E-state index in [1.165, 1.54) is 17.6 Å². The van der Waals surface area contributed by atoms with Gasteiger partial charge in [-0.25, -0.2) is 4.98 Å². The molecule has 4 N–H and O–H groups in total. The Morgan fingerprint density at radius 3 is 2.86 bits per heavy atom. The Morgan fingerprint density at radius 2 is 2.14 bits per heavy atom. The number of halogens is 2. The maximum atomic E-state index is 6.27. The third kappa shape index (κ3) is 2.78. The van der Waals surface area contributed by atoms with Crippen LogP contribution < -0.4 is 11.5 Å². The van der Waals surface area contributed by atoms with Crippen molar-refractivity contribution in [2.75, 3.05) is 0 Å². The molecule has 0 fully saturated rings. The molecule has 0 aliphatic heterocycles. The quantitative estimate of drug-likeness (QED) is 0.431. The summed E-state index contributed by atoms with van der Waals surface area (Å²) >= 11 is 13.7. The molecule has 9 heteroatoms. The Morgan fingerprint density at radius 1 is 1.32 bits per heavy atom. The Labute approximate surface area is 139 Å². The van der Waals surface area contributed by atoms with Gasteiger partial charge in [-0.2, -0.15) is 5.10 Å². The average molecular weight is 353 g/mol. The fourth-order valence-electron chi connectivity index (χ4n) is 1.96. The first-order chi connectivity index (χ1) is 10.6. The number of hydrogen-bond donors (Lipinski definition) is 2. The van der Waals surface area contributed by atoms with Crippen LogP contribution in [-0.2, 0) is 0 Å². The number of nitrogens with zero attached hydrogens (tertiary/aromatic N) is 4. The Hall–Kier alpha value is -2.09. The zero-order valence-corrected chi connectivity index (χ0v) is 13.4. The molecule has 0 amide bonds. The predicted molar refractivity (Wildman–Crippen MR) is 91.9 cm³/mol. The molecule has 2 aromatic heterocycles. The molecule has 22 heavy (non-hydrogen) atoms. The molecule has 0 saturated heterocycles. The van der Waals surface area contributed by atoms with Gasteiger partial charge in [-0.05, 0) is 18.2 Å². The van der Waals surface area contributed by atoms with Crippen molar-refractivity contribution in [3.63, 3.8) is 0 Å². The molecule has 0 aliphatic rings. The number of imidazole rings is 1. The normalized spacial score (nSPS) is 11.4. The molecule has 112 valence electrons. The summed E-state index contributed by atoms with van der Waals surface area (Å²) in [5.41, 5.74) is 12.7. The van der Waals surface area contributed by atoms with Gasteiger partial charge in [0.15, 0.2) is 4.96 Å². The van der Waals surface area contributed by atoms with Gasteiger partial charge < -0.3 is 11.5 Å². The SMILES string of the molecule is NC(N)=N/N=C\c1c(-c2ccc(Cl)cc2Cl)nc2sccn12. The van der Waals surface area contributed by atoms with Crippen LogP contribution in [0.3, 0.4) is 0 Å². The molecule has 3 rings (SSSR count). The first-order valence-corrected chi connectivity index (χ1v) is 7.73. The minimum absolute atomic E-state index is 0.117. The fraction of sp³-hybridized carbons (Fsp3) is 0. The number of thiazole rings is 1. The number of guanidine groups is 1. The molecule has 0 aliphatic carbocycles. The third-order valence-electron chi connectivity index (χ3n) is 2.84. The first-order valence-electron chi connectivity index (χ1n) is 6.09. The van der Waals surface area contributed by atoms with Crippen LogP contribution in [0.25, 0.3) is 16.2 Å². The van der Waals surface area contributed by atoms with Crippen LogP contribution in [0.15, 0.2) is 40.0 Å². The summed E-state index contributed by atoms with van der Waals surface area (Å²) in [5.74, 6) is -0.117. The van der Waals surface area contributed by atoms with E-state index in [1.807, 2.05) is 22.0 Å². The Kier molecular flexibility index (Phi) is 4.02. The van der Waals surface area contributed by atoms with Crippen molar-refractivity contribution >= 4 is 51.7 Å². The molecule has 0 saturated carbocycles. The van der Waals surface area contributed by atoms with Crippen LogP contribution in [0.5, 0.6) is 0 Å². The molecular weight excluding hydrogens is 343 g/mol. The lowest BCUT2D eigenvalue weighted by molar-refractivity contribution is 1.18. The summed E-state index contributed by atoms with van der Waals surface area (Å²) in [6, 6.07) is 5.24. The van der Waals surface area contributed by atoms with Crippen molar-refractivity contribution < 1.29 is 0 Å². The van der Waals surface area contributed by atoms with Gasteiger partial charge in [0.05, 0.1) is 16.9 Å². The largest absolute Gasteiger partial charge is 0.369 e. The molecule has 0 radical (unpaired) electrons. The topological polar surface area (TPSA) is 94.1 Å². The third-order valence-corrected chi connectivity index (χ3v) is 4.14. The van der Waals surface area contributed by atoms with Crippen LogP contribution in [0.1, 0.15) is 5.69 Å². The Balaban J connectivity index is 2.18. The predicted octanol–water partition coefficient (Wildman–Crippen LogP) is 2.98. The second kappa shape index (κ2) is 5.96. The summed E-state index contributed by atoms with van der Waals surface area (Å²) in [5, 5.41) is 10.5. The number of benzene rings is 1. The van der Waals surface area contributed by atoms with Gasteiger partial charge in [0.25, 0.3) is 0 Å². The number of aromatic nitrogens is 2. The maximum Gasteiger partial charge on any atom is 0.211 e. The lowest BCUT2D eigenvalue weighted by atomic mass is 10.1. The molecule has 0 unspecified atom stereocenters. The molecule has 2 heterocycles. The number of nitrogens with two attached hydrogens (primary N) is 2. The van der Waals surface area contributed by atoms with E-state index in [1.54, 1.807) is 12.1 Å². The van der Waals surface area contributed by atoms with Crippen molar-refractivity contribution in [2.45, 2.75) is 0 Å². The van der Waals surface area contributed by atoms with E-state index in [-0.39, 0.29) is 5.96 Å². The van der Waals surface area contributed by atoms with Gasteiger partial charge in [0.2, 0.25) is 5.96 Å². The smallest absolute Gasteiger partial charge is 0.211 e. The highest BCUT2D eigenvalue weighted by Crippen LogP contribution is 2.32. The van der Waals surface area contributed by atoms with Gasteiger partial charge >= 0.3 is 0 Å². The van der Waals surface area contributed by atoms with Crippen molar-refractivity contribution in [1.82, 2.24) is 9.38 Å². The van der Waals surface area contributed by atoms with Crippen molar-refractivity contribution in [2.24, 2.45) is 21.7 Å². The monoisotopic (exact) mass is 352 g/mol. The van der Waals surface area contributed by atoms with Gasteiger partial charge in [-0.1, -0.05) is 23.2 Å². The zero-order valence-electron chi connectivity index (χ0n) is 11.1. The number of hydrogen-bond acceptors (Lipinski definition) is 4. The van der Waals surface area contributed by atoms with E-state index >= 15 is 0 Å². The summed E-state index contributed by atoms with van der Waals surface area (Å²) in [7, 11) is 0. The van der Waals surface area contributed by atoms with E-state index in [2.05, 4.69) is 15.2 Å². The molecular formula is C13H10Cl2N6S. The maximum absolute atomic E-state index is 6.27. The standard InChI is InChI=1S/C13H10Cl2N6S/c14-7-1-2-8(9(15)5-7)11-10(6-18-20-12(16)17)21-3-4-22-13(21)19-11/h1-6H,(H4,16,17,20)/b18-6-. The van der Waals surface area contributed by atoms with Crippen LogP contribution in [0.4, 0.5) is 0 Å². The lowest BCUT2D eigenvalue weighted by Crippen LogP contribution is -2.21. The van der Waals surface area contributed by atoms with E-state index in [9.17, 15) is 0 Å². The minimum atomic E-state index is -0.117. The highest BCUT2D eigenvalue weighted by Gasteiger charge is 2.16. The van der Waals surface area contributed by atoms with E-state index < -0.39 is 0 Å². The molecule has 1 aromatic carbocycles. The molecule has 3 aromatic rings. The highest BCUT2D eigenvalue weighted by molar-refractivity contribution is 7.15. The van der Waals surface area contributed by atoms with Crippen LogP contribution in [0, 0.1) is 0 Å². The minimum Gasteiger partial charge on any atom is -0.369 e. The molecule has 6 nitrogen and oxygen atoms in total. The van der Waals surface area contributed by atoms with Gasteiger partial charge in [-0.15, -0.1) is 16.4 Å². The lowest BCUT2D eigenvalue weighted by Gasteiger charge is -2.03. The Bertz CT molecular complexity index is 891. The second-order valence-electron chi connectivity index (χ2n) is 4.29. The summed E-state index contributed by atoms with van der Waals surface area (Å²) in [6.07, 6.45) is 3.42. The summed E-state index contributed by atoms with van der Waals surface area (Å²) in [4.78, 5) is 5.40. The number of rotatable bonds is 3. The summed E-state index contributed by atoms with van der Waals surface area (Å²) < 4.78 is 1.89. The van der Waals surface area contributed by atoms with Gasteiger partial charge in [-0.3, -0.25) is 4.40 Å². The zero-order chi connectivity index (χ0) is 15.7. The molecule has 0 bridgehead atoms. The van der Waals surface area contributed by atoms with Gasteiger partial charge in [0.1, 0.15) is 5.69 Å². The average Bonchev–Trinajstić information content (AvgIpc) is 3.01. The van der Waals surface area contributed by atoms with Gasteiger partial charge in [0, 0.05) is 22.2 Å². The van der Waals surface area contributed by atoms with E-state index in [4.69, 9.17) is 34.7 Å². The van der Waals surface area contributed by atoms with Crippen molar-refractivity contribution in [3.05, 3.63) is 45.5 Å². The summed E-state index contributed by atoms with van der Waals surface area (Å²) in [6.45, 7) is 0. The second-order valence-corrected chi connectivity index (χ2v) is 6.01. The van der Waals surface area contributed by atoms with E-state index in [0.717, 1.165) is 16.2 Å². The van der Waals surface area contributed by atoms with Crippen LogP contribution in [-0.4, -0.2) is 21.6 Å². The fourth-order valence-corrected chi connectivity index (χ4v) is 3.18. The molecule has 0 spiro atoms. The van der Waals surface area contributed by atoms with E-state index in [0.29, 0.717) is 15.7 Å². The first kappa shape index (κ1) is 14.8. The van der Waals surface area contributed by atoms with Crippen molar-refractivity contribution in [3.8, 4) is 11.3 Å². The van der Waals surface area contributed by atoms with Crippen LogP contribution >= 0.6 is 34.5 Å². The van der Waals surface area contributed by atoms with Crippen LogP contribution in [0.2, 0.25) is 10.0 Å². The number of fused-ring (bicyclic) bond motifs is 1. The molecule has 0 atom stereocenters. The van der Waals surface area contributed by atoms with Crippen molar-refractivity contribution in [1.29, 1.82) is 0 Å².